The Morgan fingerprint density at radius 3 is 2.36 bits per heavy atom. The van der Waals surface area contributed by atoms with E-state index in [1.165, 1.54) is 0 Å². The smallest absolute Gasteiger partial charge is 0.417 e. The van der Waals surface area contributed by atoms with E-state index < -0.39 is 11.9 Å². The molecule has 0 radical (unpaired) electrons. The molecule has 0 saturated carbocycles. The second kappa shape index (κ2) is 4.41. The van der Waals surface area contributed by atoms with Gasteiger partial charge in [0.05, 0.1) is 25.7 Å². The molecule has 1 aliphatic rings. The average molecular weight is 202 g/mol. The largest absolute Gasteiger partial charge is 0.461 e. The molecule has 1 saturated heterocycles. The van der Waals surface area contributed by atoms with Crippen molar-refractivity contribution < 1.29 is 23.8 Å². The molecule has 0 aromatic rings. The molecule has 5 nitrogen and oxygen atoms in total. The normalized spacial score (nSPS) is 18.1. The first-order valence-electron chi connectivity index (χ1n) is 4.46. The Labute approximate surface area is 82.3 Å². The number of hydrogen-bond donors (Lipinski definition) is 0. The molecule has 0 bridgehead atoms. The van der Waals surface area contributed by atoms with Gasteiger partial charge in [-0.2, -0.15) is 0 Å². The maximum Gasteiger partial charge on any atom is 0.417 e. The van der Waals surface area contributed by atoms with E-state index in [0.29, 0.717) is 13.2 Å². The maximum absolute atomic E-state index is 10.9. The molecule has 14 heavy (non-hydrogen) atoms. The van der Waals surface area contributed by atoms with Crippen molar-refractivity contribution in [3.63, 3.8) is 0 Å². The van der Waals surface area contributed by atoms with E-state index in [9.17, 15) is 9.59 Å². The summed E-state index contributed by atoms with van der Waals surface area (Å²) in [4.78, 5) is 21.6. The van der Waals surface area contributed by atoms with Gasteiger partial charge in [-0.3, -0.25) is 0 Å². The van der Waals surface area contributed by atoms with Gasteiger partial charge in [-0.05, 0) is 6.42 Å². The number of carbonyl (C=O) groups is 2. The Kier molecular flexibility index (Phi) is 3.46. The SMILES string of the molecule is CCC1(COC(=O)C(=O)OC)COC1. The van der Waals surface area contributed by atoms with Crippen LogP contribution in [0, 0.1) is 5.41 Å². The van der Waals surface area contributed by atoms with E-state index in [-0.39, 0.29) is 12.0 Å². The van der Waals surface area contributed by atoms with Crippen LogP contribution in [0.5, 0.6) is 0 Å². The zero-order valence-electron chi connectivity index (χ0n) is 8.37. The van der Waals surface area contributed by atoms with Crippen molar-refractivity contribution in [1.29, 1.82) is 0 Å². The Bertz CT molecular complexity index is 226. The van der Waals surface area contributed by atoms with E-state index in [2.05, 4.69) is 4.74 Å². The van der Waals surface area contributed by atoms with Crippen molar-refractivity contribution >= 4 is 11.9 Å². The van der Waals surface area contributed by atoms with Crippen molar-refractivity contribution in [3.05, 3.63) is 0 Å². The van der Waals surface area contributed by atoms with Gasteiger partial charge in [0, 0.05) is 0 Å². The predicted molar refractivity (Wildman–Crippen MR) is 46.5 cm³/mol. The van der Waals surface area contributed by atoms with E-state index in [1.54, 1.807) is 0 Å². The molecule has 0 amide bonds. The summed E-state index contributed by atoms with van der Waals surface area (Å²) in [7, 11) is 1.14. The third kappa shape index (κ3) is 2.23. The van der Waals surface area contributed by atoms with Crippen LogP contribution in [0.3, 0.4) is 0 Å². The van der Waals surface area contributed by atoms with Gasteiger partial charge in [0.2, 0.25) is 0 Å². The summed E-state index contributed by atoms with van der Waals surface area (Å²) in [6, 6.07) is 0. The molecule has 80 valence electrons. The lowest BCUT2D eigenvalue weighted by atomic mass is 9.84. The number of esters is 2. The predicted octanol–water partition coefficient (Wildman–Crippen LogP) is 0.129. The minimum absolute atomic E-state index is 0.0936. The molecule has 0 aromatic carbocycles. The molecule has 0 atom stereocenters. The second-order valence-corrected chi connectivity index (χ2v) is 3.41. The highest BCUT2D eigenvalue weighted by Gasteiger charge is 2.38. The Hall–Kier alpha value is -1.10. The van der Waals surface area contributed by atoms with E-state index >= 15 is 0 Å². The summed E-state index contributed by atoms with van der Waals surface area (Å²) < 4.78 is 14.1. The minimum atomic E-state index is -0.962. The van der Waals surface area contributed by atoms with Crippen LogP contribution in [0.2, 0.25) is 0 Å². The Morgan fingerprint density at radius 1 is 1.36 bits per heavy atom. The van der Waals surface area contributed by atoms with Crippen LogP contribution < -0.4 is 0 Å². The van der Waals surface area contributed by atoms with Crippen molar-refractivity contribution in [3.8, 4) is 0 Å². The molecule has 0 aliphatic carbocycles. The van der Waals surface area contributed by atoms with Crippen molar-refractivity contribution in [1.82, 2.24) is 0 Å². The molecule has 1 aliphatic heterocycles. The Balaban J connectivity index is 2.32. The monoisotopic (exact) mass is 202 g/mol. The lowest BCUT2D eigenvalue weighted by molar-refractivity contribution is -0.180. The molecule has 5 heteroatoms. The number of rotatable bonds is 3. The molecule has 0 aromatic heterocycles. The zero-order chi connectivity index (χ0) is 10.6. The third-order valence-electron chi connectivity index (χ3n) is 2.43. The van der Waals surface area contributed by atoms with E-state index in [0.717, 1.165) is 13.5 Å². The van der Waals surface area contributed by atoms with Crippen molar-refractivity contribution in [2.45, 2.75) is 13.3 Å². The summed E-state index contributed by atoms with van der Waals surface area (Å²) in [5.74, 6) is -1.90. The standard InChI is InChI=1S/C9H14O5/c1-3-9(4-13-5-9)6-14-8(11)7(10)12-2/h3-6H2,1-2H3. The quantitative estimate of drug-likeness (QED) is 0.481. The molecule has 0 unspecified atom stereocenters. The molecular weight excluding hydrogens is 188 g/mol. The highest BCUT2D eigenvalue weighted by atomic mass is 16.6. The lowest BCUT2D eigenvalue weighted by Gasteiger charge is -2.39. The highest BCUT2D eigenvalue weighted by Crippen LogP contribution is 2.31. The van der Waals surface area contributed by atoms with Crippen LogP contribution in [-0.4, -0.2) is 38.9 Å². The minimum Gasteiger partial charge on any atom is -0.461 e. The van der Waals surface area contributed by atoms with Gasteiger partial charge in [-0.25, -0.2) is 9.59 Å². The first kappa shape index (κ1) is 11.0. The summed E-state index contributed by atoms with van der Waals surface area (Å²) in [6.45, 7) is 3.38. The third-order valence-corrected chi connectivity index (χ3v) is 2.43. The maximum atomic E-state index is 10.9. The van der Waals surface area contributed by atoms with E-state index in [1.807, 2.05) is 6.92 Å². The zero-order valence-corrected chi connectivity index (χ0v) is 8.37. The van der Waals surface area contributed by atoms with Gasteiger partial charge in [0.1, 0.15) is 6.61 Å². The van der Waals surface area contributed by atoms with Gasteiger partial charge < -0.3 is 14.2 Å². The van der Waals surface area contributed by atoms with Gasteiger partial charge >= 0.3 is 11.9 Å². The van der Waals surface area contributed by atoms with Crippen LogP contribution in [-0.2, 0) is 23.8 Å². The van der Waals surface area contributed by atoms with Crippen LogP contribution in [0.15, 0.2) is 0 Å². The van der Waals surface area contributed by atoms with Gasteiger partial charge in [0.25, 0.3) is 0 Å². The Morgan fingerprint density at radius 2 is 2.00 bits per heavy atom. The number of methoxy groups -OCH3 is 1. The lowest BCUT2D eigenvalue weighted by Crippen LogP contribution is -2.46. The van der Waals surface area contributed by atoms with E-state index in [4.69, 9.17) is 9.47 Å². The fourth-order valence-corrected chi connectivity index (χ4v) is 1.14. The van der Waals surface area contributed by atoms with Crippen LogP contribution >= 0.6 is 0 Å². The molecule has 1 fully saturated rings. The van der Waals surface area contributed by atoms with Crippen LogP contribution in [0.4, 0.5) is 0 Å². The summed E-state index contributed by atoms with van der Waals surface area (Å²) in [5, 5.41) is 0. The van der Waals surface area contributed by atoms with Gasteiger partial charge in [0.15, 0.2) is 0 Å². The number of hydrogen-bond acceptors (Lipinski definition) is 5. The molecular formula is C9H14O5. The number of ether oxygens (including phenoxy) is 3. The van der Waals surface area contributed by atoms with Crippen LogP contribution in [0.25, 0.3) is 0 Å². The molecule has 0 N–H and O–H groups in total. The first-order chi connectivity index (χ1) is 6.63. The second-order valence-electron chi connectivity index (χ2n) is 3.41. The van der Waals surface area contributed by atoms with Crippen molar-refractivity contribution in [2.24, 2.45) is 5.41 Å². The average Bonchev–Trinajstić information content (AvgIpc) is 2.15. The molecule has 1 heterocycles. The summed E-state index contributed by atoms with van der Waals surface area (Å²) in [5.41, 5.74) is -0.0936. The van der Waals surface area contributed by atoms with Crippen molar-refractivity contribution in [2.75, 3.05) is 26.9 Å². The first-order valence-corrected chi connectivity index (χ1v) is 4.46. The summed E-state index contributed by atoms with van der Waals surface area (Å²) >= 11 is 0. The summed E-state index contributed by atoms with van der Waals surface area (Å²) in [6.07, 6.45) is 0.863. The molecule has 0 spiro atoms. The topological polar surface area (TPSA) is 61.8 Å². The van der Waals surface area contributed by atoms with Crippen LogP contribution in [0.1, 0.15) is 13.3 Å². The molecule has 1 rings (SSSR count). The fraction of sp³-hybridized carbons (Fsp3) is 0.778. The fourth-order valence-electron chi connectivity index (χ4n) is 1.14. The van der Waals surface area contributed by atoms with Gasteiger partial charge in [-0.15, -0.1) is 0 Å². The number of carbonyl (C=O) groups excluding carboxylic acids is 2. The highest BCUT2D eigenvalue weighted by molar-refractivity contribution is 6.29. The van der Waals surface area contributed by atoms with Gasteiger partial charge in [-0.1, -0.05) is 6.92 Å².